The van der Waals surface area contributed by atoms with Gasteiger partial charge < -0.3 is 84.2 Å². The van der Waals surface area contributed by atoms with Crippen LogP contribution in [0.1, 0.15) is 92.9 Å². The number of hydrogen-bond donors (Lipinski definition) is 10. The maximum atomic E-state index is 13.2. The Kier molecular flexibility index (Phi) is 21.4. The third-order valence-electron chi connectivity index (χ3n) is 13.0. The standard InChI is InChI=1S/C47H76O18/c1-8-35-27(3)43(64-39-23-34(51)44(59-7)29(5)60-39)26(2)17-15-13-11-9-10-12-14-16-18-31(62-45-42(56)41(55)40(54)28(4)61-45)22-37-46(6,57)36(52)25-47(58,65-37)24-30(48)21-33(50)32(49)19-20-38(53)63-35/h9-18,26-37,39-45,48-52,54-58H,8,19-25H2,1-7H3. The van der Waals surface area contributed by atoms with Crippen molar-refractivity contribution in [3.63, 3.8) is 0 Å². The van der Waals surface area contributed by atoms with Gasteiger partial charge in [-0.1, -0.05) is 81.5 Å². The number of cyclic esters (lactones) is 1. The Morgan fingerprint density at radius 2 is 1.34 bits per heavy atom. The van der Waals surface area contributed by atoms with Crippen LogP contribution in [0.2, 0.25) is 0 Å². The minimum atomic E-state index is -2.24. The van der Waals surface area contributed by atoms with E-state index in [1.807, 2.05) is 39.0 Å². The second kappa shape index (κ2) is 25.2. The third-order valence-corrected chi connectivity index (χ3v) is 13.0. The van der Waals surface area contributed by atoms with E-state index in [1.165, 1.54) is 21.0 Å². The number of carbonyl (C=O) groups is 1. The molecular weight excluding hydrogens is 852 g/mol. The molecule has 4 aliphatic rings. The summed E-state index contributed by atoms with van der Waals surface area (Å²) in [6.45, 7) is 10.3. The molecule has 0 amide bonds. The monoisotopic (exact) mass is 929 g/mol. The lowest BCUT2D eigenvalue weighted by Crippen LogP contribution is -2.63. The van der Waals surface area contributed by atoms with Gasteiger partial charge in [0.15, 0.2) is 18.4 Å². The maximum absolute atomic E-state index is 13.2. The number of carbonyl (C=O) groups excluding carboxylic acids is 1. The molecule has 0 aromatic rings. The molecular formula is C47H76O18. The van der Waals surface area contributed by atoms with Gasteiger partial charge in [0.05, 0.1) is 61.0 Å². The molecule has 4 rings (SSSR count). The number of fused-ring (bicyclic) bond motifs is 2. The predicted molar refractivity (Wildman–Crippen MR) is 234 cm³/mol. The van der Waals surface area contributed by atoms with Crippen molar-refractivity contribution in [1.82, 2.24) is 0 Å². The molecule has 0 aromatic heterocycles. The summed E-state index contributed by atoms with van der Waals surface area (Å²) in [6.07, 6.45) is -3.38. The van der Waals surface area contributed by atoms with E-state index in [4.69, 9.17) is 33.2 Å². The van der Waals surface area contributed by atoms with E-state index in [2.05, 4.69) is 0 Å². The van der Waals surface area contributed by atoms with Gasteiger partial charge in [0.1, 0.15) is 36.1 Å². The number of allylic oxidation sites excluding steroid dienone is 8. The Labute approximate surface area is 382 Å². The first-order chi connectivity index (χ1) is 30.6. The topological polar surface area (TPSA) is 284 Å². The molecule has 0 aliphatic carbocycles. The number of methoxy groups -OCH3 is 1. The minimum absolute atomic E-state index is 0.165. The van der Waals surface area contributed by atoms with Crippen LogP contribution in [-0.2, 0) is 38.0 Å². The number of rotatable bonds is 6. The van der Waals surface area contributed by atoms with Crippen LogP contribution >= 0.6 is 0 Å². The van der Waals surface area contributed by atoms with E-state index in [-0.39, 0.29) is 37.5 Å². The molecule has 18 nitrogen and oxygen atoms in total. The molecule has 18 heteroatoms. The molecule has 65 heavy (non-hydrogen) atoms. The van der Waals surface area contributed by atoms with Gasteiger partial charge in [-0.2, -0.15) is 0 Å². The molecule has 10 N–H and O–H groups in total. The maximum Gasteiger partial charge on any atom is 0.306 e. The summed E-state index contributed by atoms with van der Waals surface area (Å²) in [6, 6.07) is 0. The van der Waals surface area contributed by atoms with Crippen molar-refractivity contribution in [3.05, 3.63) is 60.8 Å². The zero-order valence-corrected chi connectivity index (χ0v) is 38.6. The van der Waals surface area contributed by atoms with Crippen molar-refractivity contribution in [3.8, 4) is 0 Å². The summed E-state index contributed by atoms with van der Waals surface area (Å²) in [4.78, 5) is 13.2. The predicted octanol–water partition coefficient (Wildman–Crippen LogP) is 1.11. The van der Waals surface area contributed by atoms with E-state index in [0.717, 1.165) is 0 Å². The average molecular weight is 929 g/mol. The summed E-state index contributed by atoms with van der Waals surface area (Å²) in [5.74, 6) is -3.47. The summed E-state index contributed by atoms with van der Waals surface area (Å²) in [5.41, 5.74) is -1.97. The van der Waals surface area contributed by atoms with E-state index in [0.29, 0.717) is 6.42 Å². The largest absolute Gasteiger partial charge is 0.462 e. The Morgan fingerprint density at radius 1 is 0.708 bits per heavy atom. The highest BCUT2D eigenvalue weighted by Gasteiger charge is 2.54. The summed E-state index contributed by atoms with van der Waals surface area (Å²) in [5, 5.41) is 109. The number of aliphatic hydroxyl groups excluding tert-OH is 8. The molecule has 3 fully saturated rings. The first-order valence-corrected chi connectivity index (χ1v) is 22.9. The Morgan fingerprint density at radius 3 is 1.95 bits per heavy atom. The highest BCUT2D eigenvalue weighted by atomic mass is 16.7. The molecule has 372 valence electrons. The quantitative estimate of drug-likeness (QED) is 0.167. The first kappa shape index (κ1) is 55.1. The first-order valence-electron chi connectivity index (χ1n) is 22.9. The van der Waals surface area contributed by atoms with Crippen molar-refractivity contribution in [2.75, 3.05) is 7.11 Å². The Bertz CT molecular complexity index is 1590. The molecule has 3 saturated heterocycles. The molecule has 0 aromatic carbocycles. The average Bonchev–Trinajstić information content (AvgIpc) is 3.23. The van der Waals surface area contributed by atoms with Crippen molar-refractivity contribution >= 4 is 5.97 Å². The lowest BCUT2D eigenvalue weighted by atomic mass is 9.80. The molecule has 21 atom stereocenters. The lowest BCUT2D eigenvalue weighted by Gasteiger charge is -2.49. The van der Waals surface area contributed by atoms with Gasteiger partial charge in [0, 0.05) is 57.5 Å². The zero-order valence-electron chi connectivity index (χ0n) is 38.6. The molecule has 2 bridgehead atoms. The zero-order chi connectivity index (χ0) is 48.2. The van der Waals surface area contributed by atoms with Gasteiger partial charge in [-0.25, -0.2) is 0 Å². The SMILES string of the molecule is CCC1OC(=O)CCC(O)C(O)CC(O)CC2(O)CC(O)C(C)(O)C(CC(OC3OC(C)C(O)C(O)C3O)C=CC=CC=CC=CC=CC(C)C(OC3CC(O)C(OC)C(C)O3)C1C)O2. The van der Waals surface area contributed by atoms with Crippen LogP contribution < -0.4 is 0 Å². The Hall–Kier alpha value is -2.47. The van der Waals surface area contributed by atoms with E-state index >= 15 is 0 Å². The Balaban J connectivity index is 1.62. The van der Waals surface area contributed by atoms with Crippen LogP contribution in [-0.4, -0.2) is 180 Å². The van der Waals surface area contributed by atoms with E-state index < -0.39 is 141 Å². The van der Waals surface area contributed by atoms with Crippen molar-refractivity contribution in [2.24, 2.45) is 11.8 Å². The number of aliphatic hydroxyl groups is 10. The molecule has 0 radical (unpaired) electrons. The lowest BCUT2D eigenvalue weighted by molar-refractivity contribution is -0.341. The second-order valence-corrected chi connectivity index (χ2v) is 18.3. The van der Waals surface area contributed by atoms with Gasteiger partial charge in [0.25, 0.3) is 0 Å². The van der Waals surface area contributed by atoms with Crippen molar-refractivity contribution in [2.45, 2.75) is 208 Å². The van der Waals surface area contributed by atoms with Crippen LogP contribution in [0.15, 0.2) is 60.8 Å². The van der Waals surface area contributed by atoms with Crippen LogP contribution in [0.3, 0.4) is 0 Å². The number of hydrogen-bond acceptors (Lipinski definition) is 18. The fraction of sp³-hybridized carbons (Fsp3) is 0.766. The molecule has 21 unspecified atom stereocenters. The third kappa shape index (κ3) is 15.5. The smallest absolute Gasteiger partial charge is 0.306 e. The van der Waals surface area contributed by atoms with Gasteiger partial charge in [-0.15, -0.1) is 0 Å². The molecule has 0 saturated carbocycles. The van der Waals surface area contributed by atoms with Crippen LogP contribution in [0.5, 0.6) is 0 Å². The highest BCUT2D eigenvalue weighted by molar-refractivity contribution is 5.69. The molecule has 4 heterocycles. The minimum Gasteiger partial charge on any atom is -0.462 e. The summed E-state index contributed by atoms with van der Waals surface area (Å²) < 4.78 is 41.7. The second-order valence-electron chi connectivity index (χ2n) is 18.3. The van der Waals surface area contributed by atoms with Crippen molar-refractivity contribution < 1.29 is 89.0 Å². The fourth-order valence-corrected chi connectivity index (χ4v) is 8.89. The van der Waals surface area contributed by atoms with E-state index in [9.17, 15) is 55.9 Å². The van der Waals surface area contributed by atoms with Crippen molar-refractivity contribution in [1.29, 1.82) is 0 Å². The summed E-state index contributed by atoms with van der Waals surface area (Å²) >= 11 is 0. The molecule has 0 spiro atoms. The van der Waals surface area contributed by atoms with Crippen LogP contribution in [0.25, 0.3) is 0 Å². The van der Waals surface area contributed by atoms with Gasteiger partial charge in [0.2, 0.25) is 0 Å². The van der Waals surface area contributed by atoms with Gasteiger partial charge >= 0.3 is 5.97 Å². The van der Waals surface area contributed by atoms with Gasteiger partial charge in [-0.3, -0.25) is 4.79 Å². The van der Waals surface area contributed by atoms with Crippen LogP contribution in [0.4, 0.5) is 0 Å². The van der Waals surface area contributed by atoms with Crippen LogP contribution in [0, 0.1) is 11.8 Å². The summed E-state index contributed by atoms with van der Waals surface area (Å²) in [7, 11) is 1.51. The highest BCUT2D eigenvalue weighted by Crippen LogP contribution is 2.40. The molecule has 4 aliphatic heterocycles. The van der Waals surface area contributed by atoms with Gasteiger partial charge in [-0.05, 0) is 33.6 Å². The fourth-order valence-electron chi connectivity index (χ4n) is 8.89. The number of ether oxygens (including phenoxy) is 7. The van der Waals surface area contributed by atoms with E-state index in [1.54, 1.807) is 49.5 Å². The number of esters is 1. The normalized spacial score (nSPS) is 46.0.